The minimum absolute atomic E-state index is 0.0457. The van der Waals surface area contributed by atoms with E-state index in [4.69, 9.17) is 0 Å². The third-order valence-corrected chi connectivity index (χ3v) is 3.53. The van der Waals surface area contributed by atoms with Gasteiger partial charge in [-0.25, -0.2) is 4.98 Å². The quantitative estimate of drug-likeness (QED) is 0.561. The fourth-order valence-corrected chi connectivity index (χ4v) is 2.74. The van der Waals surface area contributed by atoms with Crippen molar-refractivity contribution in [2.45, 2.75) is 51.2 Å². The molecule has 0 aliphatic carbocycles. The zero-order chi connectivity index (χ0) is 13.4. The maximum absolute atomic E-state index is 11.5. The van der Waals surface area contributed by atoms with Crippen molar-refractivity contribution in [2.24, 2.45) is 0 Å². The molecule has 0 aliphatic heterocycles. The van der Waals surface area contributed by atoms with E-state index in [1.165, 1.54) is 0 Å². The first-order valence-electron chi connectivity index (χ1n) is 6.62. The van der Waals surface area contributed by atoms with Crippen LogP contribution in [0.5, 0.6) is 0 Å². The molecular formula is C13H23N3OS. The number of aromatic nitrogens is 2. The molecule has 0 spiro atoms. The summed E-state index contributed by atoms with van der Waals surface area (Å²) in [6, 6.07) is 2.10. The Morgan fingerprint density at radius 1 is 1.50 bits per heavy atom. The Morgan fingerprint density at radius 2 is 2.28 bits per heavy atom. The van der Waals surface area contributed by atoms with Gasteiger partial charge in [-0.05, 0) is 26.3 Å². The van der Waals surface area contributed by atoms with Gasteiger partial charge in [0.2, 0.25) is 0 Å². The lowest BCUT2D eigenvalue weighted by Crippen LogP contribution is -2.26. The Balaban J connectivity index is 2.49. The molecule has 0 aliphatic rings. The van der Waals surface area contributed by atoms with Gasteiger partial charge in [-0.2, -0.15) is 0 Å². The maximum Gasteiger partial charge on any atom is 0.251 e. The predicted molar refractivity (Wildman–Crippen MR) is 77.3 cm³/mol. The first kappa shape index (κ1) is 15.2. The molecule has 0 fully saturated rings. The molecule has 1 atom stereocenters. The lowest BCUT2D eigenvalue weighted by molar-refractivity contribution is 0.556. The van der Waals surface area contributed by atoms with Crippen LogP contribution < -0.4 is 10.9 Å². The number of hydrogen-bond acceptors (Lipinski definition) is 4. The fourth-order valence-electron chi connectivity index (χ4n) is 1.72. The summed E-state index contributed by atoms with van der Waals surface area (Å²) < 4.78 is 0. The largest absolute Gasteiger partial charge is 0.315 e. The van der Waals surface area contributed by atoms with E-state index in [0.29, 0.717) is 6.04 Å². The maximum atomic E-state index is 11.5. The second-order valence-corrected chi connectivity index (χ2v) is 5.47. The van der Waals surface area contributed by atoms with Crippen molar-refractivity contribution in [3.63, 3.8) is 0 Å². The van der Waals surface area contributed by atoms with Crippen LogP contribution in [0.1, 0.15) is 39.3 Å². The molecule has 1 heterocycles. The summed E-state index contributed by atoms with van der Waals surface area (Å²) in [5.41, 5.74) is 0.846. The van der Waals surface area contributed by atoms with Crippen LogP contribution in [0.4, 0.5) is 0 Å². The van der Waals surface area contributed by atoms with Crippen molar-refractivity contribution < 1.29 is 0 Å². The SMILES string of the molecule is CCCc1cc(=O)[nH]c(SCCC(C)NCC)n1. The van der Waals surface area contributed by atoms with Gasteiger partial charge in [-0.3, -0.25) is 4.79 Å². The average molecular weight is 269 g/mol. The Hall–Kier alpha value is -0.810. The zero-order valence-electron chi connectivity index (χ0n) is 11.5. The van der Waals surface area contributed by atoms with Crippen LogP contribution in [0.2, 0.25) is 0 Å². The molecule has 1 unspecified atom stereocenters. The van der Waals surface area contributed by atoms with E-state index in [2.05, 4.69) is 36.1 Å². The number of aryl methyl sites for hydroxylation is 1. The highest BCUT2D eigenvalue weighted by molar-refractivity contribution is 7.99. The fraction of sp³-hybridized carbons (Fsp3) is 0.692. The molecule has 0 saturated carbocycles. The molecule has 0 saturated heterocycles. The molecule has 0 aromatic carbocycles. The molecule has 1 aromatic rings. The van der Waals surface area contributed by atoms with Gasteiger partial charge in [0.1, 0.15) is 0 Å². The average Bonchev–Trinajstić information content (AvgIpc) is 2.29. The summed E-state index contributed by atoms with van der Waals surface area (Å²) >= 11 is 1.62. The van der Waals surface area contributed by atoms with Crippen LogP contribution >= 0.6 is 11.8 Å². The molecule has 102 valence electrons. The standard InChI is InChI=1S/C13H23N3OS/c1-4-6-11-9-12(17)16-13(15-11)18-8-7-10(3)14-5-2/h9-10,14H,4-8H2,1-3H3,(H,15,16,17). The first-order chi connectivity index (χ1) is 8.65. The van der Waals surface area contributed by atoms with Crippen LogP contribution in [0.3, 0.4) is 0 Å². The van der Waals surface area contributed by atoms with Gasteiger partial charge in [-0.15, -0.1) is 0 Å². The van der Waals surface area contributed by atoms with E-state index in [1.54, 1.807) is 17.8 Å². The van der Waals surface area contributed by atoms with Gasteiger partial charge in [0, 0.05) is 23.6 Å². The molecule has 1 aromatic heterocycles. The smallest absolute Gasteiger partial charge is 0.251 e. The lowest BCUT2D eigenvalue weighted by Gasteiger charge is -2.11. The van der Waals surface area contributed by atoms with E-state index < -0.39 is 0 Å². The first-order valence-corrected chi connectivity index (χ1v) is 7.60. The number of H-pyrrole nitrogens is 1. The molecule has 2 N–H and O–H groups in total. The molecule has 0 radical (unpaired) electrons. The zero-order valence-corrected chi connectivity index (χ0v) is 12.3. The lowest BCUT2D eigenvalue weighted by atomic mass is 10.2. The summed E-state index contributed by atoms with van der Waals surface area (Å²) in [6.07, 6.45) is 2.95. The highest BCUT2D eigenvalue weighted by atomic mass is 32.2. The van der Waals surface area contributed by atoms with E-state index in [0.717, 1.165) is 42.4 Å². The molecule has 0 amide bonds. The number of nitrogens with zero attached hydrogens (tertiary/aromatic N) is 1. The second-order valence-electron chi connectivity index (χ2n) is 4.39. The van der Waals surface area contributed by atoms with Crippen LogP contribution in [0, 0.1) is 0 Å². The van der Waals surface area contributed by atoms with Crippen LogP contribution in [-0.2, 0) is 6.42 Å². The number of hydrogen-bond donors (Lipinski definition) is 2. The minimum Gasteiger partial charge on any atom is -0.315 e. The molecule has 1 rings (SSSR count). The van der Waals surface area contributed by atoms with Gasteiger partial charge in [0.15, 0.2) is 5.16 Å². The summed E-state index contributed by atoms with van der Waals surface area (Å²) in [4.78, 5) is 18.7. The van der Waals surface area contributed by atoms with E-state index in [9.17, 15) is 4.79 Å². The number of rotatable bonds is 8. The molecule has 0 bridgehead atoms. The third-order valence-electron chi connectivity index (χ3n) is 2.62. The molecule has 18 heavy (non-hydrogen) atoms. The third kappa shape index (κ3) is 5.69. The summed E-state index contributed by atoms with van der Waals surface area (Å²) in [5, 5.41) is 4.11. The Labute approximate surface area is 113 Å². The van der Waals surface area contributed by atoms with Crippen molar-refractivity contribution in [1.29, 1.82) is 0 Å². The highest BCUT2D eigenvalue weighted by Crippen LogP contribution is 2.14. The van der Waals surface area contributed by atoms with Crippen LogP contribution in [0.25, 0.3) is 0 Å². The van der Waals surface area contributed by atoms with Crippen molar-refractivity contribution >= 4 is 11.8 Å². The van der Waals surface area contributed by atoms with Gasteiger partial charge in [0.25, 0.3) is 5.56 Å². The second kappa shape index (κ2) is 8.32. The highest BCUT2D eigenvalue weighted by Gasteiger charge is 2.04. The Bertz CT molecular complexity index is 405. The summed E-state index contributed by atoms with van der Waals surface area (Å²) in [7, 11) is 0. The van der Waals surface area contributed by atoms with Crippen molar-refractivity contribution in [1.82, 2.24) is 15.3 Å². The van der Waals surface area contributed by atoms with E-state index in [1.807, 2.05) is 0 Å². The monoisotopic (exact) mass is 269 g/mol. The topological polar surface area (TPSA) is 57.8 Å². The number of thioether (sulfide) groups is 1. The van der Waals surface area contributed by atoms with Crippen molar-refractivity contribution in [3.05, 3.63) is 22.1 Å². The van der Waals surface area contributed by atoms with Crippen molar-refractivity contribution in [3.8, 4) is 0 Å². The molecular weight excluding hydrogens is 246 g/mol. The Morgan fingerprint density at radius 3 is 2.94 bits per heavy atom. The van der Waals surface area contributed by atoms with Crippen molar-refractivity contribution in [2.75, 3.05) is 12.3 Å². The summed E-state index contributed by atoms with van der Waals surface area (Å²) in [6.45, 7) is 7.37. The van der Waals surface area contributed by atoms with Gasteiger partial charge in [-0.1, -0.05) is 32.0 Å². The van der Waals surface area contributed by atoms with Crippen LogP contribution in [-0.4, -0.2) is 28.3 Å². The number of aromatic amines is 1. The van der Waals surface area contributed by atoms with Gasteiger partial charge < -0.3 is 10.3 Å². The van der Waals surface area contributed by atoms with E-state index >= 15 is 0 Å². The minimum atomic E-state index is -0.0457. The summed E-state index contributed by atoms with van der Waals surface area (Å²) in [5.74, 6) is 0.965. The normalized spacial score (nSPS) is 12.6. The molecule has 5 heteroatoms. The van der Waals surface area contributed by atoms with E-state index in [-0.39, 0.29) is 5.56 Å². The Kier molecular flexibility index (Phi) is 7.05. The predicted octanol–water partition coefficient (Wildman–Crippen LogP) is 2.20. The van der Waals surface area contributed by atoms with Crippen LogP contribution in [0.15, 0.2) is 16.0 Å². The molecule has 4 nitrogen and oxygen atoms in total. The number of nitrogens with one attached hydrogen (secondary N) is 2. The van der Waals surface area contributed by atoms with Gasteiger partial charge in [0.05, 0.1) is 0 Å². The van der Waals surface area contributed by atoms with Gasteiger partial charge >= 0.3 is 0 Å².